The van der Waals surface area contributed by atoms with E-state index in [1.165, 1.54) is 12.8 Å². The molecule has 0 radical (unpaired) electrons. The van der Waals surface area contributed by atoms with Crippen molar-refractivity contribution < 1.29 is 0 Å². The summed E-state index contributed by atoms with van der Waals surface area (Å²) in [5.41, 5.74) is 0. The van der Waals surface area contributed by atoms with E-state index in [9.17, 15) is 0 Å². The molecule has 0 saturated heterocycles. The van der Waals surface area contributed by atoms with Gasteiger partial charge in [-0.3, -0.25) is 4.90 Å². The van der Waals surface area contributed by atoms with E-state index < -0.39 is 0 Å². The molecule has 1 heterocycles. The van der Waals surface area contributed by atoms with Gasteiger partial charge in [-0.25, -0.2) is 9.97 Å². The van der Waals surface area contributed by atoms with Crippen LogP contribution in [0, 0.1) is 6.92 Å². The van der Waals surface area contributed by atoms with Crippen LogP contribution in [0.4, 0.5) is 11.6 Å². The Labute approximate surface area is 109 Å². The maximum Gasteiger partial charge on any atom is 0.131 e. The van der Waals surface area contributed by atoms with Crippen LogP contribution in [0.2, 0.25) is 0 Å². The summed E-state index contributed by atoms with van der Waals surface area (Å²) in [6.07, 6.45) is 2.69. The van der Waals surface area contributed by atoms with Crippen LogP contribution in [0.15, 0.2) is 6.07 Å². The molecular formula is C13H23N5. The second-order valence-corrected chi connectivity index (χ2v) is 5.06. The van der Waals surface area contributed by atoms with Crippen molar-refractivity contribution in [3.05, 3.63) is 11.9 Å². The third-order valence-electron chi connectivity index (χ3n) is 3.49. The number of aryl methyl sites for hydroxylation is 1. The summed E-state index contributed by atoms with van der Waals surface area (Å²) in [6, 6.07) is 3.25. The SMILES string of the molecule is CNc1cc(NCC(C)N(C)C2CC2)nc(C)n1. The molecule has 1 aliphatic rings. The quantitative estimate of drug-likeness (QED) is 0.804. The van der Waals surface area contributed by atoms with E-state index in [2.05, 4.69) is 39.5 Å². The second kappa shape index (κ2) is 5.52. The fourth-order valence-corrected chi connectivity index (χ4v) is 2.02. The Morgan fingerprint density at radius 1 is 1.39 bits per heavy atom. The first kappa shape index (κ1) is 13.1. The average Bonchev–Trinajstić information content (AvgIpc) is 3.18. The largest absolute Gasteiger partial charge is 0.373 e. The Bertz CT molecular complexity index is 402. The van der Waals surface area contributed by atoms with Crippen molar-refractivity contribution in [1.29, 1.82) is 0 Å². The van der Waals surface area contributed by atoms with Crippen LogP contribution in [0.1, 0.15) is 25.6 Å². The van der Waals surface area contributed by atoms with Crippen LogP contribution in [-0.2, 0) is 0 Å². The number of aromatic nitrogens is 2. The van der Waals surface area contributed by atoms with Gasteiger partial charge in [-0.2, -0.15) is 0 Å². The molecule has 0 amide bonds. The van der Waals surface area contributed by atoms with Crippen molar-refractivity contribution in [2.24, 2.45) is 0 Å². The van der Waals surface area contributed by atoms with Crippen LogP contribution in [0.5, 0.6) is 0 Å². The average molecular weight is 249 g/mol. The normalized spacial score (nSPS) is 16.7. The summed E-state index contributed by atoms with van der Waals surface area (Å²) < 4.78 is 0. The molecule has 2 rings (SSSR count). The van der Waals surface area contributed by atoms with Crippen LogP contribution >= 0.6 is 0 Å². The van der Waals surface area contributed by atoms with E-state index in [1.54, 1.807) is 0 Å². The van der Waals surface area contributed by atoms with Crippen molar-refractivity contribution in [2.45, 2.75) is 38.8 Å². The zero-order valence-electron chi connectivity index (χ0n) is 11.7. The van der Waals surface area contributed by atoms with Gasteiger partial charge in [0.05, 0.1) is 0 Å². The Morgan fingerprint density at radius 3 is 2.67 bits per heavy atom. The molecule has 100 valence electrons. The van der Waals surface area contributed by atoms with Crippen molar-refractivity contribution in [2.75, 3.05) is 31.3 Å². The number of hydrogen-bond donors (Lipinski definition) is 2. The van der Waals surface area contributed by atoms with Gasteiger partial charge in [0.25, 0.3) is 0 Å². The molecule has 5 nitrogen and oxygen atoms in total. The van der Waals surface area contributed by atoms with Gasteiger partial charge in [-0.05, 0) is 33.7 Å². The third kappa shape index (κ3) is 3.32. The number of nitrogens with one attached hydrogen (secondary N) is 2. The van der Waals surface area contributed by atoms with Crippen LogP contribution in [0.25, 0.3) is 0 Å². The standard InChI is InChI=1S/C13H23N5/c1-9(18(4)11-5-6-11)8-15-13-7-12(14-3)16-10(2)17-13/h7,9,11H,5-6,8H2,1-4H3,(H2,14,15,16,17). The molecular weight excluding hydrogens is 226 g/mol. The first-order valence-corrected chi connectivity index (χ1v) is 6.59. The maximum atomic E-state index is 4.39. The van der Waals surface area contributed by atoms with Crippen molar-refractivity contribution in [3.63, 3.8) is 0 Å². The minimum atomic E-state index is 0.519. The number of anilines is 2. The number of hydrogen-bond acceptors (Lipinski definition) is 5. The van der Waals surface area contributed by atoms with E-state index >= 15 is 0 Å². The molecule has 1 unspecified atom stereocenters. The Morgan fingerprint density at radius 2 is 2.06 bits per heavy atom. The van der Waals surface area contributed by atoms with E-state index in [0.717, 1.165) is 30.0 Å². The molecule has 18 heavy (non-hydrogen) atoms. The first-order valence-electron chi connectivity index (χ1n) is 6.59. The highest BCUT2D eigenvalue weighted by molar-refractivity contribution is 5.47. The summed E-state index contributed by atoms with van der Waals surface area (Å²) in [7, 11) is 4.07. The van der Waals surface area contributed by atoms with Crippen molar-refractivity contribution in [1.82, 2.24) is 14.9 Å². The van der Waals surface area contributed by atoms with Gasteiger partial charge in [0.1, 0.15) is 17.5 Å². The Balaban J connectivity index is 1.90. The third-order valence-corrected chi connectivity index (χ3v) is 3.49. The highest BCUT2D eigenvalue weighted by Gasteiger charge is 2.28. The van der Waals surface area contributed by atoms with Crippen molar-refractivity contribution in [3.8, 4) is 0 Å². The Kier molecular flexibility index (Phi) is 4.01. The van der Waals surface area contributed by atoms with Gasteiger partial charge in [0.2, 0.25) is 0 Å². The summed E-state index contributed by atoms with van der Waals surface area (Å²) in [5, 5.41) is 6.44. The van der Waals surface area contributed by atoms with Gasteiger partial charge in [-0.15, -0.1) is 0 Å². The van der Waals surface area contributed by atoms with Crippen molar-refractivity contribution >= 4 is 11.6 Å². The predicted octanol–water partition coefficient (Wildman–Crippen LogP) is 1.72. The van der Waals surface area contributed by atoms with Gasteiger partial charge in [0, 0.05) is 31.7 Å². The van der Waals surface area contributed by atoms with E-state index in [-0.39, 0.29) is 0 Å². The zero-order valence-corrected chi connectivity index (χ0v) is 11.7. The topological polar surface area (TPSA) is 53.1 Å². The van der Waals surface area contributed by atoms with Crippen LogP contribution in [-0.4, -0.2) is 47.6 Å². The van der Waals surface area contributed by atoms with Gasteiger partial charge < -0.3 is 10.6 Å². The summed E-state index contributed by atoms with van der Waals surface area (Å²) in [6.45, 7) is 5.07. The van der Waals surface area contributed by atoms with Gasteiger partial charge in [0.15, 0.2) is 0 Å². The highest BCUT2D eigenvalue weighted by Crippen LogP contribution is 2.26. The predicted molar refractivity (Wildman–Crippen MR) is 75.1 cm³/mol. The van der Waals surface area contributed by atoms with E-state index in [0.29, 0.717) is 6.04 Å². The highest BCUT2D eigenvalue weighted by atomic mass is 15.2. The van der Waals surface area contributed by atoms with Crippen LogP contribution in [0.3, 0.4) is 0 Å². The molecule has 2 N–H and O–H groups in total. The smallest absolute Gasteiger partial charge is 0.131 e. The summed E-state index contributed by atoms with van der Waals surface area (Å²) in [5.74, 6) is 2.53. The zero-order chi connectivity index (χ0) is 13.1. The lowest BCUT2D eigenvalue weighted by Crippen LogP contribution is -2.36. The van der Waals surface area contributed by atoms with Gasteiger partial charge >= 0.3 is 0 Å². The molecule has 1 saturated carbocycles. The molecule has 1 aliphatic carbocycles. The molecule has 1 aromatic heterocycles. The van der Waals surface area contributed by atoms with Crippen LogP contribution < -0.4 is 10.6 Å². The fraction of sp³-hybridized carbons (Fsp3) is 0.692. The molecule has 0 bridgehead atoms. The lowest BCUT2D eigenvalue weighted by atomic mass is 10.3. The summed E-state index contributed by atoms with van der Waals surface area (Å²) >= 11 is 0. The fourth-order valence-electron chi connectivity index (χ4n) is 2.02. The van der Waals surface area contributed by atoms with Gasteiger partial charge in [-0.1, -0.05) is 0 Å². The molecule has 0 aliphatic heterocycles. The van der Waals surface area contributed by atoms with E-state index in [4.69, 9.17) is 0 Å². The lowest BCUT2D eigenvalue weighted by molar-refractivity contribution is 0.257. The molecule has 0 spiro atoms. The summed E-state index contributed by atoms with van der Waals surface area (Å²) in [4.78, 5) is 11.1. The minimum absolute atomic E-state index is 0.519. The molecule has 1 atom stereocenters. The molecule has 1 aromatic rings. The Hall–Kier alpha value is -1.36. The molecule has 5 heteroatoms. The molecule has 1 fully saturated rings. The minimum Gasteiger partial charge on any atom is -0.373 e. The molecule has 0 aromatic carbocycles. The number of nitrogens with zero attached hydrogens (tertiary/aromatic N) is 3. The number of likely N-dealkylation sites (N-methyl/N-ethyl adjacent to an activating group) is 1. The first-order chi connectivity index (χ1) is 8.60. The monoisotopic (exact) mass is 249 g/mol. The maximum absolute atomic E-state index is 4.39. The lowest BCUT2D eigenvalue weighted by Gasteiger charge is -2.24. The number of rotatable bonds is 6. The second-order valence-electron chi connectivity index (χ2n) is 5.06. The van der Waals surface area contributed by atoms with E-state index in [1.807, 2.05) is 20.0 Å².